The highest BCUT2D eigenvalue weighted by atomic mass is 35.5. The molecule has 0 radical (unpaired) electrons. The smallest absolute Gasteiger partial charge is 0.119 e. The molecular weight excluding hydrogens is 284 g/mol. The van der Waals surface area contributed by atoms with Gasteiger partial charge in [0.05, 0.1) is 19.4 Å². The molecule has 0 fully saturated rings. The SMILES string of the molecule is CCCOc1cccc(/C=N\NCc2ccccc2Cl)c1. The van der Waals surface area contributed by atoms with Crippen molar-refractivity contribution < 1.29 is 4.74 Å². The Morgan fingerprint density at radius 1 is 1.19 bits per heavy atom. The Labute approximate surface area is 130 Å². The van der Waals surface area contributed by atoms with Gasteiger partial charge in [-0.1, -0.05) is 48.9 Å². The van der Waals surface area contributed by atoms with Crippen molar-refractivity contribution in [1.82, 2.24) is 5.43 Å². The van der Waals surface area contributed by atoms with Crippen LogP contribution in [0.2, 0.25) is 5.02 Å². The van der Waals surface area contributed by atoms with Crippen LogP contribution in [0.5, 0.6) is 5.75 Å². The fourth-order valence-electron chi connectivity index (χ4n) is 1.80. The number of benzene rings is 2. The summed E-state index contributed by atoms with van der Waals surface area (Å²) in [6.07, 6.45) is 2.77. The number of nitrogens with one attached hydrogen (secondary N) is 1. The van der Waals surface area contributed by atoms with Gasteiger partial charge >= 0.3 is 0 Å². The lowest BCUT2D eigenvalue weighted by Crippen LogP contribution is -2.06. The van der Waals surface area contributed by atoms with E-state index in [4.69, 9.17) is 16.3 Å². The van der Waals surface area contributed by atoms with Crippen molar-refractivity contribution in [2.75, 3.05) is 6.61 Å². The zero-order valence-corrected chi connectivity index (χ0v) is 12.8. The van der Waals surface area contributed by atoms with Crippen LogP contribution < -0.4 is 10.2 Å². The zero-order valence-electron chi connectivity index (χ0n) is 12.1. The van der Waals surface area contributed by atoms with Gasteiger partial charge in [-0.25, -0.2) is 0 Å². The van der Waals surface area contributed by atoms with Gasteiger partial charge in [0.2, 0.25) is 0 Å². The van der Waals surface area contributed by atoms with Gasteiger partial charge in [0.25, 0.3) is 0 Å². The predicted octanol–water partition coefficient (Wildman–Crippen LogP) is 4.25. The van der Waals surface area contributed by atoms with Crippen LogP contribution in [0.4, 0.5) is 0 Å². The molecule has 0 aliphatic heterocycles. The highest BCUT2D eigenvalue weighted by Crippen LogP contribution is 2.14. The van der Waals surface area contributed by atoms with Crippen molar-refractivity contribution in [3.05, 3.63) is 64.7 Å². The van der Waals surface area contributed by atoms with E-state index in [1.165, 1.54) is 0 Å². The van der Waals surface area contributed by atoms with Crippen LogP contribution in [0, 0.1) is 0 Å². The van der Waals surface area contributed by atoms with Crippen LogP contribution >= 0.6 is 11.6 Å². The first-order chi connectivity index (χ1) is 10.3. The number of hydrogen-bond donors (Lipinski definition) is 1. The summed E-state index contributed by atoms with van der Waals surface area (Å²) in [4.78, 5) is 0. The number of nitrogens with zero attached hydrogens (tertiary/aromatic N) is 1. The molecule has 0 unspecified atom stereocenters. The Hall–Kier alpha value is -2.00. The van der Waals surface area contributed by atoms with Gasteiger partial charge in [0.15, 0.2) is 0 Å². The van der Waals surface area contributed by atoms with Crippen molar-refractivity contribution in [2.24, 2.45) is 5.10 Å². The molecule has 2 aromatic rings. The van der Waals surface area contributed by atoms with E-state index in [1.807, 2.05) is 48.5 Å². The van der Waals surface area contributed by atoms with Gasteiger partial charge in [-0.3, -0.25) is 0 Å². The molecule has 2 rings (SSSR count). The summed E-state index contributed by atoms with van der Waals surface area (Å²) < 4.78 is 5.59. The van der Waals surface area contributed by atoms with E-state index in [2.05, 4.69) is 17.5 Å². The summed E-state index contributed by atoms with van der Waals surface area (Å²) in [5.41, 5.74) is 5.02. The first-order valence-corrected chi connectivity index (χ1v) is 7.39. The lowest BCUT2D eigenvalue weighted by atomic mass is 10.2. The number of hydrazone groups is 1. The molecule has 0 aliphatic rings. The van der Waals surface area contributed by atoms with Gasteiger partial charge in [-0.15, -0.1) is 0 Å². The molecule has 2 aromatic carbocycles. The molecule has 0 saturated heterocycles. The topological polar surface area (TPSA) is 33.6 Å². The summed E-state index contributed by atoms with van der Waals surface area (Å²) in [7, 11) is 0. The van der Waals surface area contributed by atoms with Crippen LogP contribution in [0.3, 0.4) is 0 Å². The monoisotopic (exact) mass is 302 g/mol. The second kappa shape index (κ2) is 8.32. The molecule has 21 heavy (non-hydrogen) atoms. The number of hydrogen-bond acceptors (Lipinski definition) is 3. The molecule has 0 spiro atoms. The normalized spacial score (nSPS) is 10.8. The molecule has 0 aromatic heterocycles. The number of halogens is 1. The maximum absolute atomic E-state index is 6.08. The van der Waals surface area contributed by atoms with Gasteiger partial charge in [-0.2, -0.15) is 5.10 Å². The first-order valence-electron chi connectivity index (χ1n) is 7.02. The Kier molecular flexibility index (Phi) is 6.10. The van der Waals surface area contributed by atoms with E-state index in [1.54, 1.807) is 6.21 Å². The average Bonchev–Trinajstić information content (AvgIpc) is 2.51. The number of ether oxygens (including phenoxy) is 1. The van der Waals surface area contributed by atoms with Gasteiger partial charge in [0.1, 0.15) is 5.75 Å². The molecule has 0 saturated carbocycles. The fourth-order valence-corrected chi connectivity index (χ4v) is 2.00. The van der Waals surface area contributed by atoms with Crippen LogP contribution in [0.15, 0.2) is 53.6 Å². The quantitative estimate of drug-likeness (QED) is 0.612. The van der Waals surface area contributed by atoms with Gasteiger partial charge < -0.3 is 10.2 Å². The third kappa shape index (κ3) is 5.12. The third-order valence-electron chi connectivity index (χ3n) is 2.86. The molecule has 3 nitrogen and oxygen atoms in total. The summed E-state index contributed by atoms with van der Waals surface area (Å²) >= 11 is 6.08. The molecule has 4 heteroatoms. The van der Waals surface area contributed by atoms with Crippen LogP contribution in [-0.4, -0.2) is 12.8 Å². The lowest BCUT2D eigenvalue weighted by Gasteiger charge is -2.05. The van der Waals surface area contributed by atoms with E-state index >= 15 is 0 Å². The van der Waals surface area contributed by atoms with E-state index in [0.29, 0.717) is 6.54 Å². The van der Waals surface area contributed by atoms with Gasteiger partial charge in [-0.05, 0) is 35.7 Å². The Morgan fingerprint density at radius 3 is 2.86 bits per heavy atom. The molecule has 1 N–H and O–H groups in total. The molecule has 0 aliphatic carbocycles. The molecule has 0 bridgehead atoms. The Bertz CT molecular complexity index is 599. The average molecular weight is 303 g/mol. The van der Waals surface area contributed by atoms with Crippen LogP contribution in [0.1, 0.15) is 24.5 Å². The molecule has 0 atom stereocenters. The molecule has 0 amide bonds. The van der Waals surface area contributed by atoms with E-state index < -0.39 is 0 Å². The predicted molar refractivity (Wildman–Crippen MR) is 88.1 cm³/mol. The number of rotatable bonds is 7. The summed E-state index contributed by atoms with van der Waals surface area (Å²) in [6.45, 7) is 3.41. The van der Waals surface area contributed by atoms with Crippen molar-refractivity contribution in [3.8, 4) is 5.75 Å². The summed E-state index contributed by atoms with van der Waals surface area (Å²) in [5, 5.41) is 4.96. The van der Waals surface area contributed by atoms with E-state index in [-0.39, 0.29) is 0 Å². The minimum atomic E-state index is 0.599. The highest BCUT2D eigenvalue weighted by molar-refractivity contribution is 6.31. The second-order valence-electron chi connectivity index (χ2n) is 4.61. The standard InChI is InChI=1S/C17H19ClN2O/c1-2-10-21-16-8-5-6-14(11-16)12-19-20-13-15-7-3-4-9-17(15)18/h3-9,11-12,20H,2,10,13H2,1H3/b19-12-. The largest absolute Gasteiger partial charge is 0.494 e. The first kappa shape index (κ1) is 15.4. The summed E-state index contributed by atoms with van der Waals surface area (Å²) in [5.74, 6) is 0.868. The Balaban J connectivity index is 1.88. The zero-order chi connectivity index (χ0) is 14.9. The van der Waals surface area contributed by atoms with E-state index in [0.717, 1.165) is 34.9 Å². The minimum absolute atomic E-state index is 0.599. The molecular formula is C17H19ClN2O. The van der Waals surface area contributed by atoms with Crippen molar-refractivity contribution >= 4 is 17.8 Å². The maximum atomic E-state index is 6.08. The van der Waals surface area contributed by atoms with E-state index in [9.17, 15) is 0 Å². The highest BCUT2D eigenvalue weighted by Gasteiger charge is 1.97. The van der Waals surface area contributed by atoms with Crippen molar-refractivity contribution in [3.63, 3.8) is 0 Å². The van der Waals surface area contributed by atoms with Crippen molar-refractivity contribution in [2.45, 2.75) is 19.9 Å². The third-order valence-corrected chi connectivity index (χ3v) is 3.23. The molecule has 0 heterocycles. The van der Waals surface area contributed by atoms with Crippen LogP contribution in [0.25, 0.3) is 0 Å². The van der Waals surface area contributed by atoms with Gasteiger partial charge in [0, 0.05) is 5.02 Å². The molecule has 110 valence electrons. The lowest BCUT2D eigenvalue weighted by molar-refractivity contribution is 0.317. The summed E-state index contributed by atoms with van der Waals surface area (Å²) in [6, 6.07) is 15.6. The van der Waals surface area contributed by atoms with Crippen molar-refractivity contribution in [1.29, 1.82) is 0 Å². The second-order valence-corrected chi connectivity index (χ2v) is 5.01. The minimum Gasteiger partial charge on any atom is -0.494 e. The fraction of sp³-hybridized carbons (Fsp3) is 0.235. The van der Waals surface area contributed by atoms with Crippen LogP contribution in [-0.2, 0) is 6.54 Å². The maximum Gasteiger partial charge on any atom is 0.119 e. The Morgan fingerprint density at radius 2 is 2.05 bits per heavy atom.